The average molecular weight is 365 g/mol. The minimum absolute atomic E-state index is 0.608. The first kappa shape index (κ1) is 18.5. The van der Waals surface area contributed by atoms with Crippen LogP contribution in [0.3, 0.4) is 0 Å². The van der Waals surface area contributed by atoms with E-state index in [1.54, 1.807) is 11.8 Å². The maximum Gasteiger partial charge on any atom is 0.223 e. The molecule has 0 radical (unpaired) electrons. The van der Waals surface area contributed by atoms with E-state index in [0.29, 0.717) is 5.88 Å². The summed E-state index contributed by atoms with van der Waals surface area (Å²) in [5.41, 5.74) is 5.88. The second-order valence-electron chi connectivity index (χ2n) is 6.41. The Bertz CT molecular complexity index is 891. The first-order chi connectivity index (χ1) is 12.5. The molecule has 0 saturated heterocycles. The molecule has 1 aromatic heterocycles. The van der Waals surface area contributed by atoms with Gasteiger partial charge in [-0.15, -0.1) is 0 Å². The van der Waals surface area contributed by atoms with Gasteiger partial charge >= 0.3 is 0 Å². The van der Waals surface area contributed by atoms with Gasteiger partial charge in [-0.1, -0.05) is 60.6 Å². The number of ether oxygens (including phenoxy) is 1. The molecule has 0 aliphatic carbocycles. The van der Waals surface area contributed by atoms with Gasteiger partial charge in [0.1, 0.15) is 5.75 Å². The molecule has 0 saturated carbocycles. The van der Waals surface area contributed by atoms with Gasteiger partial charge in [0.15, 0.2) is 5.16 Å². The quantitative estimate of drug-likeness (QED) is 0.394. The zero-order chi connectivity index (χ0) is 18.5. The minimum atomic E-state index is 0.608. The molecule has 134 valence electrons. The standard InChI is InChI=1S/C22H24N2OS/c1-5-19-13-21(25-20-8-6-7-16(3)17(20)4)24-22(23-19)26-14-18-11-9-15(2)10-12-18/h6-13H,5,14H2,1-4H3. The fourth-order valence-corrected chi connectivity index (χ4v) is 3.35. The average Bonchev–Trinajstić information content (AvgIpc) is 2.65. The predicted octanol–water partition coefficient (Wildman–Crippen LogP) is 6.05. The van der Waals surface area contributed by atoms with Crippen LogP contribution >= 0.6 is 11.8 Å². The fraction of sp³-hybridized carbons (Fsp3) is 0.273. The molecule has 3 rings (SSSR count). The highest BCUT2D eigenvalue weighted by molar-refractivity contribution is 7.98. The van der Waals surface area contributed by atoms with Crippen LogP contribution < -0.4 is 4.74 Å². The summed E-state index contributed by atoms with van der Waals surface area (Å²) in [6.45, 7) is 8.35. The highest BCUT2D eigenvalue weighted by atomic mass is 32.2. The number of aryl methyl sites for hydroxylation is 3. The summed E-state index contributed by atoms with van der Waals surface area (Å²) in [5, 5.41) is 0.755. The van der Waals surface area contributed by atoms with Crippen molar-refractivity contribution in [1.29, 1.82) is 0 Å². The number of thioether (sulfide) groups is 1. The Kier molecular flexibility index (Phi) is 5.94. The lowest BCUT2D eigenvalue weighted by Gasteiger charge is -2.11. The van der Waals surface area contributed by atoms with Crippen molar-refractivity contribution in [2.75, 3.05) is 0 Å². The molecule has 0 N–H and O–H groups in total. The van der Waals surface area contributed by atoms with Gasteiger partial charge in [-0.2, -0.15) is 4.98 Å². The van der Waals surface area contributed by atoms with E-state index < -0.39 is 0 Å². The lowest BCUT2D eigenvalue weighted by Crippen LogP contribution is -1.98. The van der Waals surface area contributed by atoms with Crippen LogP contribution in [0.25, 0.3) is 0 Å². The molecule has 0 bridgehead atoms. The molecule has 26 heavy (non-hydrogen) atoms. The summed E-state index contributed by atoms with van der Waals surface area (Å²) >= 11 is 1.64. The highest BCUT2D eigenvalue weighted by Crippen LogP contribution is 2.28. The number of hydrogen-bond donors (Lipinski definition) is 0. The zero-order valence-electron chi connectivity index (χ0n) is 15.7. The first-order valence-corrected chi connectivity index (χ1v) is 9.84. The molecule has 0 spiro atoms. The number of benzene rings is 2. The van der Waals surface area contributed by atoms with Crippen LogP contribution in [0.15, 0.2) is 53.7 Å². The summed E-state index contributed by atoms with van der Waals surface area (Å²) < 4.78 is 6.08. The van der Waals surface area contributed by atoms with Crippen LogP contribution in [0.4, 0.5) is 0 Å². The molecular weight excluding hydrogens is 340 g/mol. The van der Waals surface area contributed by atoms with Gasteiger partial charge in [0.05, 0.1) is 0 Å². The third kappa shape index (κ3) is 4.64. The minimum Gasteiger partial charge on any atom is -0.439 e. The van der Waals surface area contributed by atoms with Crippen molar-refractivity contribution >= 4 is 11.8 Å². The van der Waals surface area contributed by atoms with E-state index in [9.17, 15) is 0 Å². The van der Waals surface area contributed by atoms with Gasteiger partial charge in [0.25, 0.3) is 0 Å². The topological polar surface area (TPSA) is 35.0 Å². The number of rotatable bonds is 6. The number of nitrogens with zero attached hydrogens (tertiary/aromatic N) is 2. The summed E-state index contributed by atoms with van der Waals surface area (Å²) in [7, 11) is 0. The molecule has 0 amide bonds. The van der Waals surface area contributed by atoms with Crippen molar-refractivity contribution in [2.45, 2.75) is 45.0 Å². The van der Waals surface area contributed by atoms with Gasteiger partial charge in [0.2, 0.25) is 5.88 Å². The monoisotopic (exact) mass is 364 g/mol. The van der Waals surface area contributed by atoms with Crippen molar-refractivity contribution in [3.63, 3.8) is 0 Å². The normalized spacial score (nSPS) is 10.8. The van der Waals surface area contributed by atoms with E-state index in [1.165, 1.54) is 16.7 Å². The maximum atomic E-state index is 6.08. The molecule has 0 fully saturated rings. The molecule has 3 aromatic rings. The Morgan fingerprint density at radius 2 is 1.73 bits per heavy atom. The van der Waals surface area contributed by atoms with Gasteiger partial charge < -0.3 is 4.74 Å². The Labute approximate surface area is 159 Å². The van der Waals surface area contributed by atoms with Gasteiger partial charge in [-0.05, 0) is 49.9 Å². The van der Waals surface area contributed by atoms with E-state index in [4.69, 9.17) is 4.74 Å². The molecule has 1 heterocycles. The lowest BCUT2D eigenvalue weighted by molar-refractivity contribution is 0.450. The maximum absolute atomic E-state index is 6.08. The van der Waals surface area contributed by atoms with Crippen LogP contribution in [0.2, 0.25) is 0 Å². The second kappa shape index (κ2) is 8.37. The zero-order valence-corrected chi connectivity index (χ0v) is 16.6. The summed E-state index contributed by atoms with van der Waals surface area (Å²) in [6, 6.07) is 16.6. The lowest BCUT2D eigenvalue weighted by atomic mass is 10.1. The van der Waals surface area contributed by atoms with Gasteiger partial charge in [-0.3, -0.25) is 0 Å². The molecule has 0 aliphatic heterocycles. The number of aromatic nitrogens is 2. The van der Waals surface area contributed by atoms with Crippen LogP contribution in [0, 0.1) is 20.8 Å². The Morgan fingerprint density at radius 1 is 0.962 bits per heavy atom. The molecule has 0 aliphatic rings. The van der Waals surface area contributed by atoms with Crippen molar-refractivity contribution in [2.24, 2.45) is 0 Å². The van der Waals surface area contributed by atoms with E-state index in [2.05, 4.69) is 68.0 Å². The fourth-order valence-electron chi connectivity index (χ4n) is 2.53. The summed E-state index contributed by atoms with van der Waals surface area (Å²) in [4.78, 5) is 9.25. The van der Waals surface area contributed by atoms with E-state index in [1.807, 2.05) is 18.2 Å². The van der Waals surface area contributed by atoms with Crippen molar-refractivity contribution in [1.82, 2.24) is 9.97 Å². The molecule has 0 unspecified atom stereocenters. The number of hydrogen-bond acceptors (Lipinski definition) is 4. The third-order valence-corrected chi connectivity index (χ3v) is 5.27. The van der Waals surface area contributed by atoms with Crippen LogP contribution in [-0.2, 0) is 12.2 Å². The van der Waals surface area contributed by atoms with Crippen LogP contribution in [0.5, 0.6) is 11.6 Å². The van der Waals surface area contributed by atoms with Gasteiger partial charge in [-0.25, -0.2) is 4.98 Å². The van der Waals surface area contributed by atoms with E-state index >= 15 is 0 Å². The van der Waals surface area contributed by atoms with Crippen molar-refractivity contribution in [3.8, 4) is 11.6 Å². The molecular formula is C22H24N2OS. The molecule has 3 nitrogen and oxygen atoms in total. The van der Waals surface area contributed by atoms with Crippen LogP contribution in [0.1, 0.15) is 34.9 Å². The Balaban J connectivity index is 1.79. The largest absolute Gasteiger partial charge is 0.439 e. The predicted molar refractivity (Wildman–Crippen MR) is 108 cm³/mol. The SMILES string of the molecule is CCc1cc(Oc2cccc(C)c2C)nc(SCc2ccc(C)cc2)n1. The van der Waals surface area contributed by atoms with Crippen molar-refractivity contribution in [3.05, 3.63) is 76.5 Å². The smallest absolute Gasteiger partial charge is 0.223 e. The molecule has 0 atom stereocenters. The van der Waals surface area contributed by atoms with Gasteiger partial charge in [0, 0.05) is 17.5 Å². The Hall–Kier alpha value is -2.33. The second-order valence-corrected chi connectivity index (χ2v) is 7.35. The molecule has 2 aromatic carbocycles. The van der Waals surface area contributed by atoms with E-state index in [0.717, 1.165) is 34.3 Å². The summed E-state index contributed by atoms with van der Waals surface area (Å²) in [6.07, 6.45) is 0.851. The third-order valence-electron chi connectivity index (χ3n) is 4.36. The van der Waals surface area contributed by atoms with Crippen molar-refractivity contribution < 1.29 is 4.74 Å². The van der Waals surface area contributed by atoms with E-state index in [-0.39, 0.29) is 0 Å². The summed E-state index contributed by atoms with van der Waals surface area (Å²) in [5.74, 6) is 2.30. The highest BCUT2D eigenvalue weighted by Gasteiger charge is 2.09. The molecule has 4 heteroatoms. The first-order valence-electron chi connectivity index (χ1n) is 8.85. The van der Waals surface area contributed by atoms with Crippen LogP contribution in [-0.4, -0.2) is 9.97 Å². The Morgan fingerprint density at radius 3 is 2.46 bits per heavy atom.